The lowest BCUT2D eigenvalue weighted by molar-refractivity contribution is 0.257. The van der Waals surface area contributed by atoms with Gasteiger partial charge in [0.2, 0.25) is 0 Å². The molecule has 0 aliphatic heterocycles. The highest BCUT2D eigenvalue weighted by atomic mass is 14.5. The molecule has 0 heteroatoms. The van der Waals surface area contributed by atoms with Gasteiger partial charge in [0.15, 0.2) is 0 Å². The summed E-state index contributed by atoms with van der Waals surface area (Å²) < 4.78 is 0. The van der Waals surface area contributed by atoms with Crippen LogP contribution in [-0.2, 0) is 0 Å². The van der Waals surface area contributed by atoms with Gasteiger partial charge in [0.05, 0.1) is 0 Å². The Labute approximate surface area is 158 Å². The van der Waals surface area contributed by atoms with Crippen LogP contribution >= 0.6 is 0 Å². The van der Waals surface area contributed by atoms with E-state index in [2.05, 4.69) is 102 Å². The van der Waals surface area contributed by atoms with Crippen LogP contribution in [0.3, 0.4) is 0 Å². The summed E-state index contributed by atoms with van der Waals surface area (Å²) in [5.74, 6) is 0.903. The van der Waals surface area contributed by atoms with Crippen LogP contribution < -0.4 is 0 Å². The molecule has 0 bridgehead atoms. The Bertz CT molecular complexity index is 870. The molecule has 0 spiro atoms. The first-order chi connectivity index (χ1) is 12.2. The zero-order valence-corrected chi connectivity index (χ0v) is 16.9. The average Bonchev–Trinajstić information content (AvgIpc) is 3.13. The van der Waals surface area contributed by atoms with Crippen molar-refractivity contribution in [1.29, 1.82) is 0 Å². The molecule has 1 atom stereocenters. The van der Waals surface area contributed by atoms with Gasteiger partial charge in [0, 0.05) is 11.8 Å². The van der Waals surface area contributed by atoms with Gasteiger partial charge in [-0.3, -0.25) is 0 Å². The van der Waals surface area contributed by atoms with Gasteiger partial charge in [-0.25, -0.2) is 0 Å². The number of allylic oxidation sites excluding steroid dienone is 4. The molecule has 134 valence electrons. The van der Waals surface area contributed by atoms with Crippen LogP contribution in [0.1, 0.15) is 58.6 Å². The average molecular weight is 343 g/mol. The Hall–Kier alpha value is -2.08. The van der Waals surface area contributed by atoms with Crippen LogP contribution in [0.5, 0.6) is 0 Å². The van der Waals surface area contributed by atoms with Crippen molar-refractivity contribution in [2.24, 2.45) is 16.7 Å². The largest absolute Gasteiger partial charge is 0.0730 e. The Kier molecular flexibility index (Phi) is 3.81. The van der Waals surface area contributed by atoms with Crippen molar-refractivity contribution in [2.75, 3.05) is 0 Å². The fourth-order valence-electron chi connectivity index (χ4n) is 5.10. The molecule has 0 nitrogen and oxygen atoms in total. The van der Waals surface area contributed by atoms with Crippen molar-refractivity contribution in [3.8, 4) is 11.1 Å². The second-order valence-electron chi connectivity index (χ2n) is 9.67. The number of hydrogen-bond donors (Lipinski definition) is 0. The fraction of sp³-hybridized carbons (Fsp3) is 0.385. The maximum absolute atomic E-state index is 2.54. The molecule has 0 amide bonds. The summed E-state index contributed by atoms with van der Waals surface area (Å²) in [6, 6.07) is 18.0. The Morgan fingerprint density at radius 3 is 1.69 bits per heavy atom. The number of fused-ring (bicyclic) bond motifs is 3. The molecule has 26 heavy (non-hydrogen) atoms. The number of hydrogen-bond acceptors (Lipinski definition) is 0. The maximum Gasteiger partial charge on any atom is 0.0161 e. The lowest BCUT2D eigenvalue weighted by Crippen LogP contribution is -2.30. The minimum Gasteiger partial charge on any atom is -0.0730 e. The summed E-state index contributed by atoms with van der Waals surface area (Å²) in [5.41, 5.74) is 9.12. The molecule has 0 N–H and O–H groups in total. The van der Waals surface area contributed by atoms with Crippen molar-refractivity contribution >= 4 is 0 Å². The molecular weight excluding hydrogens is 312 g/mol. The quantitative estimate of drug-likeness (QED) is 0.534. The SMILES string of the molecule is CC1=CC(C(C)(C)C)=CC1C(C)(C)C1c2ccccc2-c2ccccc21. The lowest BCUT2D eigenvalue weighted by Gasteiger charge is -2.39. The highest BCUT2D eigenvalue weighted by Gasteiger charge is 2.45. The molecule has 2 aromatic carbocycles. The molecular formula is C26H30. The molecule has 2 aliphatic carbocycles. The predicted octanol–water partition coefficient (Wildman–Crippen LogP) is 7.37. The third kappa shape index (κ3) is 2.50. The number of rotatable bonds is 2. The van der Waals surface area contributed by atoms with E-state index in [4.69, 9.17) is 0 Å². The van der Waals surface area contributed by atoms with Gasteiger partial charge in [0.1, 0.15) is 0 Å². The molecule has 2 aliphatic rings. The molecule has 0 saturated carbocycles. The van der Waals surface area contributed by atoms with Crippen LogP contribution in [0.4, 0.5) is 0 Å². The monoisotopic (exact) mass is 342 g/mol. The molecule has 0 radical (unpaired) electrons. The summed E-state index contributed by atoms with van der Waals surface area (Å²) in [6.45, 7) is 14.2. The second-order valence-corrected chi connectivity index (χ2v) is 9.67. The minimum absolute atomic E-state index is 0.121. The standard InChI is InChI=1S/C26H30/c1-17-15-18(25(2,3)4)16-23(17)26(5,6)24-21-13-9-7-11-19(21)20-12-8-10-14-22(20)24/h7-16,23-24H,1-6H3. The Morgan fingerprint density at radius 1 is 0.731 bits per heavy atom. The van der Waals surface area contributed by atoms with Crippen molar-refractivity contribution in [1.82, 2.24) is 0 Å². The highest BCUT2D eigenvalue weighted by Crippen LogP contribution is 2.57. The van der Waals surface area contributed by atoms with E-state index in [-0.39, 0.29) is 10.8 Å². The zero-order valence-electron chi connectivity index (χ0n) is 16.9. The van der Waals surface area contributed by atoms with Gasteiger partial charge in [-0.05, 0) is 45.6 Å². The molecule has 0 aromatic heterocycles. The summed E-state index contributed by atoms with van der Waals surface area (Å²) in [6.07, 6.45) is 4.97. The van der Waals surface area contributed by atoms with Crippen LogP contribution in [0, 0.1) is 16.7 Å². The normalized spacial score (nSPS) is 19.8. The van der Waals surface area contributed by atoms with Gasteiger partial charge in [-0.15, -0.1) is 0 Å². The first kappa shape index (κ1) is 17.3. The van der Waals surface area contributed by atoms with Crippen LogP contribution in [0.15, 0.2) is 71.8 Å². The summed E-state index contributed by atoms with van der Waals surface area (Å²) in [7, 11) is 0. The van der Waals surface area contributed by atoms with Crippen LogP contribution in [0.2, 0.25) is 0 Å². The summed E-state index contributed by atoms with van der Waals surface area (Å²) >= 11 is 0. The van der Waals surface area contributed by atoms with Gasteiger partial charge in [-0.1, -0.05) is 101 Å². The van der Waals surface area contributed by atoms with Crippen molar-refractivity contribution < 1.29 is 0 Å². The highest BCUT2D eigenvalue weighted by molar-refractivity contribution is 5.79. The Morgan fingerprint density at radius 2 is 1.23 bits per heavy atom. The lowest BCUT2D eigenvalue weighted by atomic mass is 9.64. The molecule has 0 fully saturated rings. The van der Waals surface area contributed by atoms with Crippen molar-refractivity contribution in [3.05, 3.63) is 83.0 Å². The fourth-order valence-corrected chi connectivity index (χ4v) is 5.10. The van der Waals surface area contributed by atoms with E-state index in [1.165, 1.54) is 33.4 Å². The van der Waals surface area contributed by atoms with E-state index < -0.39 is 0 Å². The molecule has 1 unspecified atom stereocenters. The van der Waals surface area contributed by atoms with Crippen LogP contribution in [-0.4, -0.2) is 0 Å². The predicted molar refractivity (Wildman–Crippen MR) is 112 cm³/mol. The van der Waals surface area contributed by atoms with Gasteiger partial charge in [-0.2, -0.15) is 0 Å². The smallest absolute Gasteiger partial charge is 0.0161 e. The summed E-state index contributed by atoms with van der Waals surface area (Å²) in [4.78, 5) is 0. The second kappa shape index (κ2) is 5.71. The van der Waals surface area contributed by atoms with E-state index in [1.807, 2.05) is 0 Å². The van der Waals surface area contributed by atoms with E-state index in [1.54, 1.807) is 0 Å². The van der Waals surface area contributed by atoms with Crippen molar-refractivity contribution in [2.45, 2.75) is 47.5 Å². The number of benzene rings is 2. The third-order valence-electron chi connectivity index (χ3n) is 6.47. The molecule has 4 rings (SSSR count). The van der Waals surface area contributed by atoms with Gasteiger partial charge >= 0.3 is 0 Å². The minimum atomic E-state index is 0.121. The van der Waals surface area contributed by atoms with E-state index >= 15 is 0 Å². The topological polar surface area (TPSA) is 0 Å². The zero-order chi connectivity index (χ0) is 18.7. The Balaban J connectivity index is 1.85. The maximum atomic E-state index is 2.54. The van der Waals surface area contributed by atoms with Crippen molar-refractivity contribution in [3.63, 3.8) is 0 Å². The first-order valence-electron chi connectivity index (χ1n) is 9.80. The van der Waals surface area contributed by atoms with Gasteiger partial charge in [0.25, 0.3) is 0 Å². The van der Waals surface area contributed by atoms with Gasteiger partial charge < -0.3 is 0 Å². The van der Waals surface area contributed by atoms with E-state index in [0.717, 1.165) is 0 Å². The van der Waals surface area contributed by atoms with E-state index in [9.17, 15) is 0 Å². The molecule has 0 saturated heterocycles. The van der Waals surface area contributed by atoms with Crippen LogP contribution in [0.25, 0.3) is 11.1 Å². The molecule has 2 aromatic rings. The first-order valence-corrected chi connectivity index (χ1v) is 9.80. The third-order valence-corrected chi connectivity index (χ3v) is 6.47. The van der Waals surface area contributed by atoms with E-state index in [0.29, 0.717) is 11.8 Å². The summed E-state index contributed by atoms with van der Waals surface area (Å²) in [5, 5.41) is 0. The molecule has 0 heterocycles.